The number of phenolic OH excluding ortho intramolecular Hbond substituents is 2. The molecule has 2 aliphatic heterocycles. The molecule has 2 saturated heterocycles. The molecule has 8 N–H and O–H groups in total. The van der Waals surface area contributed by atoms with Gasteiger partial charge in [-0.3, -0.25) is 4.79 Å². The lowest BCUT2D eigenvalue weighted by atomic mass is 9.89. The van der Waals surface area contributed by atoms with Gasteiger partial charge in [0, 0.05) is 17.7 Å². The number of rotatable bonds is 6. The summed E-state index contributed by atoms with van der Waals surface area (Å²) in [6, 6.07) is 8.48. The Labute approximate surface area is 238 Å². The zero-order valence-electron chi connectivity index (χ0n) is 22.5. The van der Waals surface area contributed by atoms with Gasteiger partial charge in [-0.1, -0.05) is 0 Å². The fraction of sp³-hybridized carbons (Fsp3) is 0.464. The molecule has 228 valence electrons. The highest BCUT2D eigenvalue weighted by atomic mass is 16.7. The van der Waals surface area contributed by atoms with Gasteiger partial charge in [0.25, 0.3) is 0 Å². The Bertz CT molecular complexity index is 1470. The van der Waals surface area contributed by atoms with Crippen LogP contribution in [0.1, 0.15) is 18.6 Å². The van der Waals surface area contributed by atoms with Gasteiger partial charge in [0.1, 0.15) is 77.2 Å². The zero-order chi connectivity index (χ0) is 30.5. The van der Waals surface area contributed by atoms with Crippen molar-refractivity contribution in [2.75, 3.05) is 13.7 Å². The molecule has 2 aliphatic rings. The lowest BCUT2D eigenvalue weighted by molar-refractivity contribution is -0.338. The van der Waals surface area contributed by atoms with Crippen LogP contribution in [0, 0.1) is 0 Å². The molecule has 10 atom stereocenters. The van der Waals surface area contributed by atoms with Crippen LogP contribution in [0.25, 0.3) is 22.3 Å². The molecule has 4 unspecified atom stereocenters. The molecule has 42 heavy (non-hydrogen) atoms. The Kier molecular flexibility index (Phi) is 8.44. The highest BCUT2D eigenvalue weighted by Crippen LogP contribution is 2.44. The lowest BCUT2D eigenvalue weighted by Crippen LogP contribution is -2.62. The summed E-state index contributed by atoms with van der Waals surface area (Å²) in [6.45, 7) is 0.628. The first-order valence-corrected chi connectivity index (χ1v) is 13.1. The van der Waals surface area contributed by atoms with Crippen LogP contribution < -0.4 is 10.2 Å². The maximum absolute atomic E-state index is 13.1. The zero-order valence-corrected chi connectivity index (χ0v) is 22.5. The molecule has 1 aromatic heterocycles. The van der Waals surface area contributed by atoms with E-state index in [0.717, 1.165) is 12.1 Å². The fourth-order valence-corrected chi connectivity index (χ4v) is 5.26. The SMILES string of the molecule is COc1ccc(-c2cc(=O)c3c(O)cc(O)c([C@@H]4OC(CO)[C@@H](O)[C@H](O[C@@H]5OC(C)[C@H](O)C(O)[C@@H]5O)C4O)c3o2)cc1. The summed E-state index contributed by atoms with van der Waals surface area (Å²) in [5, 5.41) is 83.9. The standard InChI is InChI=1S/C28H32O14/c1-10-20(33)22(35)23(36)28(39-10)42-27-21(34)17(9-29)41-26(24(27)37)19-14(31)7-13(30)18-15(32)8-16(40-25(18)19)11-3-5-12(38-2)6-4-11/h3-8,10,17,20-24,26-31,33-37H,9H2,1-2H3/t10?,17?,20-,21+,22?,23-,24?,26-,27-,28-/m0/s1. The van der Waals surface area contributed by atoms with E-state index in [1.54, 1.807) is 24.3 Å². The smallest absolute Gasteiger partial charge is 0.197 e. The number of aliphatic hydroxyl groups excluding tert-OH is 6. The Morgan fingerprint density at radius 1 is 0.857 bits per heavy atom. The number of aliphatic hydroxyl groups is 6. The molecule has 0 saturated carbocycles. The van der Waals surface area contributed by atoms with Crippen molar-refractivity contribution in [3.05, 3.63) is 52.2 Å². The average molecular weight is 593 g/mol. The number of aromatic hydroxyl groups is 2. The van der Waals surface area contributed by atoms with Crippen LogP contribution >= 0.6 is 0 Å². The molecular formula is C28H32O14. The predicted molar refractivity (Wildman–Crippen MR) is 142 cm³/mol. The van der Waals surface area contributed by atoms with Gasteiger partial charge in [0.15, 0.2) is 17.3 Å². The van der Waals surface area contributed by atoms with E-state index in [-0.39, 0.29) is 22.3 Å². The van der Waals surface area contributed by atoms with E-state index >= 15 is 0 Å². The Hall–Kier alpha value is -3.31. The van der Waals surface area contributed by atoms with Crippen molar-refractivity contribution in [2.24, 2.45) is 0 Å². The first-order valence-electron chi connectivity index (χ1n) is 13.1. The normalized spacial score (nSPS) is 33.5. The second kappa shape index (κ2) is 11.8. The largest absolute Gasteiger partial charge is 0.507 e. The van der Waals surface area contributed by atoms with Crippen molar-refractivity contribution in [3.8, 4) is 28.6 Å². The summed E-state index contributed by atoms with van der Waals surface area (Å²) in [5.41, 5.74) is -0.881. The topological polar surface area (TPSA) is 229 Å². The number of methoxy groups -OCH3 is 1. The molecule has 5 rings (SSSR count). The van der Waals surface area contributed by atoms with Crippen LogP contribution in [0.3, 0.4) is 0 Å². The van der Waals surface area contributed by atoms with Crippen LogP contribution in [-0.2, 0) is 14.2 Å². The quantitative estimate of drug-likeness (QED) is 0.176. The van der Waals surface area contributed by atoms with Gasteiger partial charge in [0.2, 0.25) is 0 Å². The van der Waals surface area contributed by atoms with Crippen LogP contribution in [0.2, 0.25) is 0 Å². The molecule has 2 aromatic carbocycles. The van der Waals surface area contributed by atoms with E-state index in [0.29, 0.717) is 11.3 Å². The third kappa shape index (κ3) is 5.21. The van der Waals surface area contributed by atoms with Gasteiger partial charge in [-0.05, 0) is 31.2 Å². The minimum absolute atomic E-state index is 0.0403. The Balaban J connectivity index is 1.59. The summed E-state index contributed by atoms with van der Waals surface area (Å²) < 4.78 is 28.0. The van der Waals surface area contributed by atoms with Crippen LogP contribution in [0.5, 0.6) is 17.2 Å². The van der Waals surface area contributed by atoms with E-state index in [1.165, 1.54) is 14.0 Å². The molecule has 0 spiro atoms. The lowest BCUT2D eigenvalue weighted by Gasteiger charge is -2.46. The second-order valence-electron chi connectivity index (χ2n) is 10.3. The molecule has 0 aliphatic carbocycles. The number of hydrogen-bond acceptors (Lipinski definition) is 14. The fourth-order valence-electron chi connectivity index (χ4n) is 5.26. The third-order valence-corrected chi connectivity index (χ3v) is 7.62. The van der Waals surface area contributed by atoms with Gasteiger partial charge in [0.05, 0.1) is 25.4 Å². The maximum atomic E-state index is 13.1. The molecule has 3 heterocycles. The summed E-state index contributed by atoms with van der Waals surface area (Å²) in [4.78, 5) is 13.1. The Morgan fingerprint density at radius 2 is 1.55 bits per heavy atom. The molecule has 0 bridgehead atoms. The number of hydrogen-bond donors (Lipinski definition) is 8. The van der Waals surface area contributed by atoms with Crippen LogP contribution in [-0.4, -0.2) is 110 Å². The average Bonchev–Trinajstić information content (AvgIpc) is 2.97. The van der Waals surface area contributed by atoms with Crippen LogP contribution in [0.15, 0.2) is 45.6 Å². The molecule has 14 heteroatoms. The van der Waals surface area contributed by atoms with E-state index < -0.39 is 84.8 Å². The minimum Gasteiger partial charge on any atom is -0.507 e. The molecule has 14 nitrogen and oxygen atoms in total. The number of ether oxygens (including phenoxy) is 4. The van der Waals surface area contributed by atoms with Crippen molar-refractivity contribution in [1.82, 2.24) is 0 Å². The van der Waals surface area contributed by atoms with Gasteiger partial charge in [-0.15, -0.1) is 0 Å². The number of phenols is 2. The Morgan fingerprint density at radius 3 is 2.19 bits per heavy atom. The van der Waals surface area contributed by atoms with E-state index in [2.05, 4.69) is 0 Å². The molecule has 3 aromatic rings. The van der Waals surface area contributed by atoms with Crippen molar-refractivity contribution in [1.29, 1.82) is 0 Å². The van der Waals surface area contributed by atoms with Crippen molar-refractivity contribution in [3.63, 3.8) is 0 Å². The first kappa shape index (κ1) is 30.2. The summed E-state index contributed by atoms with van der Waals surface area (Å²) in [5.74, 6) is -0.677. The highest BCUT2D eigenvalue weighted by Gasteiger charge is 2.51. The molecule has 2 fully saturated rings. The number of fused-ring (bicyclic) bond motifs is 1. The predicted octanol–water partition coefficient (Wildman–Crippen LogP) is -0.754. The molecule has 0 radical (unpaired) electrons. The van der Waals surface area contributed by atoms with Crippen molar-refractivity contribution >= 4 is 11.0 Å². The first-order chi connectivity index (χ1) is 20.0. The van der Waals surface area contributed by atoms with E-state index in [9.17, 15) is 45.6 Å². The highest BCUT2D eigenvalue weighted by molar-refractivity contribution is 5.89. The summed E-state index contributed by atoms with van der Waals surface area (Å²) in [6.07, 6.45) is -15.8. The maximum Gasteiger partial charge on any atom is 0.197 e. The molecular weight excluding hydrogens is 560 g/mol. The minimum atomic E-state index is -1.86. The van der Waals surface area contributed by atoms with E-state index in [4.69, 9.17) is 23.4 Å². The van der Waals surface area contributed by atoms with Gasteiger partial charge in [-0.25, -0.2) is 0 Å². The van der Waals surface area contributed by atoms with Crippen LogP contribution in [0.4, 0.5) is 0 Å². The second-order valence-corrected chi connectivity index (χ2v) is 10.3. The van der Waals surface area contributed by atoms with E-state index in [1.807, 2.05) is 0 Å². The number of benzene rings is 2. The van der Waals surface area contributed by atoms with Crippen molar-refractivity contribution in [2.45, 2.75) is 68.1 Å². The van der Waals surface area contributed by atoms with Gasteiger partial charge in [-0.2, -0.15) is 0 Å². The summed E-state index contributed by atoms with van der Waals surface area (Å²) >= 11 is 0. The summed E-state index contributed by atoms with van der Waals surface area (Å²) in [7, 11) is 1.49. The monoisotopic (exact) mass is 592 g/mol. The van der Waals surface area contributed by atoms with Gasteiger partial charge < -0.3 is 64.2 Å². The molecule has 0 amide bonds. The van der Waals surface area contributed by atoms with Gasteiger partial charge >= 0.3 is 0 Å². The third-order valence-electron chi connectivity index (χ3n) is 7.62. The van der Waals surface area contributed by atoms with Crippen molar-refractivity contribution < 1.29 is 64.2 Å².